The first-order valence-electron chi connectivity index (χ1n) is 15.3. The van der Waals surface area contributed by atoms with E-state index in [0.29, 0.717) is 36.7 Å². The van der Waals surface area contributed by atoms with Gasteiger partial charge in [0.05, 0.1) is 7.11 Å². The van der Waals surface area contributed by atoms with Crippen LogP contribution >= 0.6 is 0 Å². The molecule has 3 aliphatic rings. The van der Waals surface area contributed by atoms with Gasteiger partial charge in [-0.3, -0.25) is 14.5 Å². The molecule has 2 aromatic rings. The maximum Gasteiger partial charge on any atom is 0.254 e. The van der Waals surface area contributed by atoms with Crippen LogP contribution in [0.1, 0.15) is 60.9 Å². The first-order valence-corrected chi connectivity index (χ1v) is 15.3. The molecular formula is C33H46N4O3. The summed E-state index contributed by atoms with van der Waals surface area (Å²) in [5.41, 5.74) is 1.92. The van der Waals surface area contributed by atoms with Crippen molar-refractivity contribution in [2.75, 3.05) is 52.9 Å². The van der Waals surface area contributed by atoms with Crippen molar-refractivity contribution in [3.05, 3.63) is 65.7 Å². The molecule has 2 saturated heterocycles. The summed E-state index contributed by atoms with van der Waals surface area (Å²) in [4.78, 5) is 34.5. The van der Waals surface area contributed by atoms with E-state index in [-0.39, 0.29) is 17.9 Å². The highest BCUT2D eigenvalue weighted by Crippen LogP contribution is 2.31. The maximum absolute atomic E-state index is 14.0. The van der Waals surface area contributed by atoms with E-state index in [1.165, 1.54) is 37.7 Å². The van der Waals surface area contributed by atoms with Crippen LogP contribution < -0.4 is 10.1 Å². The van der Waals surface area contributed by atoms with E-state index >= 15 is 0 Å². The minimum Gasteiger partial charge on any atom is -0.497 e. The average Bonchev–Trinajstić information content (AvgIpc) is 3.27. The zero-order valence-electron chi connectivity index (χ0n) is 24.1. The van der Waals surface area contributed by atoms with Crippen LogP contribution in [0.2, 0.25) is 0 Å². The van der Waals surface area contributed by atoms with Gasteiger partial charge in [-0.05, 0) is 68.3 Å². The minimum absolute atomic E-state index is 0.0756. The summed E-state index contributed by atoms with van der Waals surface area (Å²) in [6.45, 7) is 5.75. The number of ether oxygens (including phenoxy) is 1. The Morgan fingerprint density at radius 2 is 1.80 bits per heavy atom. The number of methoxy groups -OCH3 is 1. The number of hydrogen-bond acceptors (Lipinski definition) is 5. The number of carbonyl (C=O) groups excluding carboxylic acids is 2. The lowest BCUT2D eigenvalue weighted by molar-refractivity contribution is -0.135. The average molecular weight is 547 g/mol. The second-order valence-electron chi connectivity index (χ2n) is 11.8. The molecule has 2 amide bonds. The predicted molar refractivity (Wildman–Crippen MR) is 159 cm³/mol. The summed E-state index contributed by atoms with van der Waals surface area (Å²) in [5, 5.41) is 3.40. The number of carbonyl (C=O) groups is 2. The molecule has 2 unspecified atom stereocenters. The molecule has 0 bridgehead atoms. The zero-order chi connectivity index (χ0) is 27.7. The summed E-state index contributed by atoms with van der Waals surface area (Å²) in [6.07, 6.45) is 9.14. The third-order valence-corrected chi connectivity index (χ3v) is 9.06. The number of nitrogens with one attached hydrogen (secondary N) is 1. The molecule has 7 nitrogen and oxygen atoms in total. The van der Waals surface area contributed by atoms with E-state index in [4.69, 9.17) is 4.74 Å². The van der Waals surface area contributed by atoms with Crippen LogP contribution in [0.25, 0.3) is 0 Å². The molecule has 0 spiro atoms. The highest BCUT2D eigenvalue weighted by atomic mass is 16.5. The lowest BCUT2D eigenvalue weighted by atomic mass is 9.88. The van der Waals surface area contributed by atoms with E-state index in [9.17, 15) is 9.59 Å². The molecule has 3 fully saturated rings. The van der Waals surface area contributed by atoms with Crippen molar-refractivity contribution in [2.24, 2.45) is 5.92 Å². The monoisotopic (exact) mass is 546 g/mol. The molecule has 7 heteroatoms. The highest BCUT2D eigenvalue weighted by Gasteiger charge is 2.43. The van der Waals surface area contributed by atoms with E-state index in [1.807, 2.05) is 28.0 Å². The third-order valence-electron chi connectivity index (χ3n) is 9.06. The van der Waals surface area contributed by atoms with E-state index in [2.05, 4.69) is 40.5 Å². The third kappa shape index (κ3) is 7.24. The van der Waals surface area contributed by atoms with Gasteiger partial charge in [0.1, 0.15) is 11.8 Å². The Balaban J connectivity index is 1.39. The Kier molecular flexibility index (Phi) is 10.1. The fourth-order valence-corrected chi connectivity index (χ4v) is 6.78. The van der Waals surface area contributed by atoms with Crippen LogP contribution in [0, 0.1) is 5.92 Å². The Morgan fingerprint density at radius 3 is 2.60 bits per heavy atom. The standard InChI is InChI=1S/C33H46N4O3/c1-40-30-15-8-14-28(22-30)32(38)37-25-29(23-31(37)33(39)35-19-9-17-34-18-21-35)36(24-27-12-6-3-7-13-27)20-16-26-10-4-2-5-11-26/h2,4-5,8,10-11,14-15,22,27,29,31,34H,3,6-7,9,12-13,16-21,23-25H2,1H3. The normalized spacial score (nSPS) is 22.4. The molecule has 216 valence electrons. The number of likely N-dealkylation sites (tertiary alicyclic amines) is 1. The van der Waals surface area contributed by atoms with Gasteiger partial charge in [-0.1, -0.05) is 55.7 Å². The van der Waals surface area contributed by atoms with Gasteiger partial charge < -0.3 is 19.9 Å². The Hall–Kier alpha value is -2.90. The van der Waals surface area contributed by atoms with Gasteiger partial charge in [0.25, 0.3) is 5.91 Å². The Bertz CT molecular complexity index is 1100. The molecule has 5 rings (SSSR count). The molecule has 0 aromatic heterocycles. The summed E-state index contributed by atoms with van der Waals surface area (Å²) < 4.78 is 5.41. The summed E-state index contributed by atoms with van der Waals surface area (Å²) in [6, 6.07) is 17.7. The second-order valence-corrected chi connectivity index (χ2v) is 11.8. The highest BCUT2D eigenvalue weighted by molar-refractivity contribution is 5.98. The maximum atomic E-state index is 14.0. The predicted octanol–water partition coefficient (Wildman–Crippen LogP) is 4.23. The number of amides is 2. The van der Waals surface area contributed by atoms with Crippen molar-refractivity contribution in [1.29, 1.82) is 0 Å². The number of benzene rings is 2. The van der Waals surface area contributed by atoms with Gasteiger partial charge >= 0.3 is 0 Å². The molecule has 2 aliphatic heterocycles. The van der Waals surface area contributed by atoms with Crippen molar-refractivity contribution in [2.45, 2.75) is 63.5 Å². The van der Waals surface area contributed by atoms with Gasteiger partial charge in [0.2, 0.25) is 5.91 Å². The lowest BCUT2D eigenvalue weighted by Gasteiger charge is -2.34. The van der Waals surface area contributed by atoms with Crippen LogP contribution in [0.5, 0.6) is 5.75 Å². The van der Waals surface area contributed by atoms with Gasteiger partial charge in [-0.25, -0.2) is 0 Å². The number of rotatable bonds is 9. The Labute approximate surface area is 239 Å². The van der Waals surface area contributed by atoms with Crippen molar-refractivity contribution in [3.8, 4) is 5.75 Å². The van der Waals surface area contributed by atoms with Crippen LogP contribution in [0.3, 0.4) is 0 Å². The van der Waals surface area contributed by atoms with E-state index < -0.39 is 6.04 Å². The van der Waals surface area contributed by atoms with Crippen molar-refractivity contribution < 1.29 is 14.3 Å². The van der Waals surface area contributed by atoms with E-state index in [0.717, 1.165) is 45.6 Å². The fourth-order valence-electron chi connectivity index (χ4n) is 6.78. The first kappa shape index (κ1) is 28.6. The van der Waals surface area contributed by atoms with Gasteiger partial charge in [0.15, 0.2) is 0 Å². The molecule has 40 heavy (non-hydrogen) atoms. The zero-order valence-corrected chi connectivity index (χ0v) is 24.1. The summed E-state index contributed by atoms with van der Waals surface area (Å²) in [7, 11) is 1.62. The number of hydrogen-bond donors (Lipinski definition) is 1. The first-order chi connectivity index (χ1) is 19.6. The molecule has 2 heterocycles. The number of nitrogens with zero attached hydrogens (tertiary/aromatic N) is 3. The lowest BCUT2D eigenvalue weighted by Crippen LogP contribution is -2.48. The second kappa shape index (κ2) is 14.1. The molecule has 2 aromatic carbocycles. The molecular weight excluding hydrogens is 500 g/mol. The summed E-state index contributed by atoms with van der Waals surface area (Å²) >= 11 is 0. The van der Waals surface area contributed by atoms with Gasteiger partial charge in [-0.15, -0.1) is 0 Å². The summed E-state index contributed by atoms with van der Waals surface area (Å²) in [5.74, 6) is 1.37. The SMILES string of the molecule is COc1cccc(C(=O)N2CC(N(CCc3ccccc3)CC3CCCCC3)CC2C(=O)N2CCCNCC2)c1. The molecule has 1 N–H and O–H groups in total. The quantitative estimate of drug-likeness (QED) is 0.510. The van der Waals surface area contributed by atoms with Crippen molar-refractivity contribution >= 4 is 11.8 Å². The Morgan fingerprint density at radius 1 is 0.975 bits per heavy atom. The van der Waals surface area contributed by atoms with Gasteiger partial charge in [0, 0.05) is 50.9 Å². The molecule has 2 atom stereocenters. The smallest absolute Gasteiger partial charge is 0.254 e. The van der Waals surface area contributed by atoms with E-state index in [1.54, 1.807) is 13.2 Å². The molecule has 1 aliphatic carbocycles. The molecule has 1 saturated carbocycles. The molecule has 0 radical (unpaired) electrons. The van der Waals surface area contributed by atoms with Crippen LogP contribution in [-0.2, 0) is 11.2 Å². The minimum atomic E-state index is -0.438. The van der Waals surface area contributed by atoms with Crippen molar-refractivity contribution in [1.82, 2.24) is 20.0 Å². The van der Waals surface area contributed by atoms with Crippen LogP contribution in [0.4, 0.5) is 0 Å². The fraction of sp³-hybridized carbons (Fsp3) is 0.576. The van der Waals surface area contributed by atoms with Crippen LogP contribution in [-0.4, -0.2) is 91.5 Å². The topological polar surface area (TPSA) is 65.1 Å². The van der Waals surface area contributed by atoms with Crippen LogP contribution in [0.15, 0.2) is 54.6 Å². The van der Waals surface area contributed by atoms with Crippen molar-refractivity contribution in [3.63, 3.8) is 0 Å². The van der Waals surface area contributed by atoms with Gasteiger partial charge in [-0.2, -0.15) is 0 Å². The largest absolute Gasteiger partial charge is 0.497 e.